The molecule has 0 saturated carbocycles. The van der Waals surface area contributed by atoms with Crippen LogP contribution >= 0.6 is 0 Å². The van der Waals surface area contributed by atoms with Gasteiger partial charge in [0.05, 0.1) is 28.7 Å². The van der Waals surface area contributed by atoms with Crippen LogP contribution in [0.2, 0.25) is 0 Å². The van der Waals surface area contributed by atoms with E-state index in [2.05, 4.69) is 175 Å². The molecule has 0 spiro atoms. The average molecular weight is 931 g/mol. The van der Waals surface area contributed by atoms with E-state index in [-0.39, 0.29) is 37.3 Å². The van der Waals surface area contributed by atoms with Gasteiger partial charge >= 0.3 is 21.1 Å². The van der Waals surface area contributed by atoms with Gasteiger partial charge in [-0.25, -0.2) is 4.68 Å². The van der Waals surface area contributed by atoms with Crippen molar-refractivity contribution < 1.29 is 25.8 Å². The molecule has 0 atom stereocenters. The second-order valence-electron chi connectivity index (χ2n) is 17.8. The minimum absolute atomic E-state index is 0. The summed E-state index contributed by atoms with van der Waals surface area (Å²) < 4.78 is 8.25. The first-order valence-corrected chi connectivity index (χ1v) is 19.4. The van der Waals surface area contributed by atoms with E-state index in [9.17, 15) is 0 Å². The van der Waals surface area contributed by atoms with Crippen molar-refractivity contribution in [2.75, 3.05) is 4.90 Å². The van der Waals surface area contributed by atoms with Gasteiger partial charge in [0.25, 0.3) is 0 Å². The Hall–Kier alpha value is -5.32. The zero-order chi connectivity index (χ0) is 39.5. The normalized spacial score (nSPS) is 13.7. The molecule has 2 aromatic heterocycles. The molecule has 0 saturated heterocycles. The maximum atomic E-state index is 6.59. The summed E-state index contributed by atoms with van der Waals surface area (Å²) in [6, 6.07) is 48.4. The molecule has 290 valence electrons. The van der Waals surface area contributed by atoms with E-state index in [0.29, 0.717) is 11.5 Å². The third kappa shape index (κ3) is 7.37. The maximum absolute atomic E-state index is 6.59. The number of fused-ring (bicyclic) bond motifs is 2. The van der Waals surface area contributed by atoms with Crippen LogP contribution in [0.4, 0.5) is 17.1 Å². The summed E-state index contributed by atoms with van der Waals surface area (Å²) in [6.07, 6.45) is 5.34. The number of rotatable bonds is 6. The van der Waals surface area contributed by atoms with Gasteiger partial charge in [-0.05, 0) is 86.1 Å². The van der Waals surface area contributed by atoms with Crippen molar-refractivity contribution in [2.45, 2.75) is 84.0 Å². The number of hydrogen-bond acceptors (Lipinski definition) is 5. The Morgan fingerprint density at radius 2 is 1.16 bits per heavy atom. The first-order valence-electron chi connectivity index (χ1n) is 19.4. The van der Waals surface area contributed by atoms with Crippen molar-refractivity contribution in [3.8, 4) is 17.2 Å². The van der Waals surface area contributed by atoms with Crippen LogP contribution in [0, 0.1) is 12.1 Å². The topological polar surface area (TPSA) is 56.1 Å². The molecule has 1 aliphatic heterocycles. The Labute approximate surface area is 352 Å². The first-order chi connectivity index (χ1) is 26.6. The minimum Gasteiger partial charge on any atom is -0.509 e. The fourth-order valence-electron chi connectivity index (χ4n) is 7.76. The molecule has 0 bridgehead atoms. The minimum atomic E-state index is -0.873. The molecule has 0 radical (unpaired) electrons. The van der Waals surface area contributed by atoms with Gasteiger partial charge in [-0.3, -0.25) is 4.98 Å². The van der Waals surface area contributed by atoms with E-state index in [1.165, 1.54) is 16.7 Å². The SMILES string of the molecule is CC(C)(C)c1ccc(N2c3ccc(C(C)(C)C)cc3C(c3[c-]c(Oc4[c-]c(-n5ccnn5)ccc4)ccc3)(c3ccccn3)c3cc(C(C)(C)C)ccc32)cc1.[Pt+2]. The van der Waals surface area contributed by atoms with Gasteiger partial charge < -0.3 is 9.64 Å². The van der Waals surface area contributed by atoms with Gasteiger partial charge in [-0.2, -0.15) is 18.2 Å². The van der Waals surface area contributed by atoms with Crippen molar-refractivity contribution >= 4 is 17.1 Å². The van der Waals surface area contributed by atoms with Gasteiger partial charge in [0, 0.05) is 29.6 Å². The van der Waals surface area contributed by atoms with E-state index in [4.69, 9.17) is 9.72 Å². The monoisotopic (exact) mass is 930 g/mol. The summed E-state index contributed by atoms with van der Waals surface area (Å²) in [5, 5.41) is 8.11. The number of hydrogen-bond donors (Lipinski definition) is 0. The molecule has 7 aromatic rings. The molecule has 8 rings (SSSR count). The van der Waals surface area contributed by atoms with E-state index in [1.807, 2.05) is 36.5 Å². The molecule has 0 unspecified atom stereocenters. The molecule has 1 aliphatic rings. The molecule has 0 amide bonds. The molecule has 0 N–H and O–H groups in total. The van der Waals surface area contributed by atoms with Crippen LogP contribution in [-0.2, 0) is 42.7 Å². The molecule has 0 fully saturated rings. The standard InChI is InChI=1S/C50H49N5O.Pt/c1-47(2,3)34-19-23-38(24-20-34)55-44-25-21-35(48(4,5)6)31-42(44)50(46-18-10-11-27-51-46,43-32-36(49(7,8)9)22-26-45(43)55)37-14-12-16-40(30-37)56-41-17-13-15-39(33-41)54-29-28-52-53-54;/h10-29,31-32H,1-9H3;/q-2;+2. The second-order valence-corrected chi connectivity index (χ2v) is 17.8. The van der Waals surface area contributed by atoms with Crippen LogP contribution in [0.1, 0.15) is 101 Å². The Bertz CT molecular complexity index is 2440. The fraction of sp³-hybridized carbons (Fsp3) is 0.260. The molecule has 0 aliphatic carbocycles. The van der Waals surface area contributed by atoms with Crippen molar-refractivity contribution in [1.29, 1.82) is 0 Å². The van der Waals surface area contributed by atoms with Crippen molar-refractivity contribution in [1.82, 2.24) is 20.0 Å². The zero-order valence-corrected chi connectivity index (χ0v) is 36.4. The van der Waals surface area contributed by atoms with Crippen molar-refractivity contribution in [3.63, 3.8) is 0 Å². The Morgan fingerprint density at radius 1 is 0.579 bits per heavy atom. The third-order valence-corrected chi connectivity index (χ3v) is 10.9. The molecule has 6 nitrogen and oxygen atoms in total. The predicted octanol–water partition coefficient (Wildman–Crippen LogP) is 12.1. The van der Waals surface area contributed by atoms with Crippen LogP contribution in [0.5, 0.6) is 11.5 Å². The van der Waals surface area contributed by atoms with Crippen LogP contribution in [0.25, 0.3) is 5.69 Å². The number of benzene rings is 5. The molecular formula is C50H49N5OPt. The van der Waals surface area contributed by atoms with Gasteiger partial charge in [-0.1, -0.05) is 110 Å². The second kappa shape index (κ2) is 14.9. The summed E-state index contributed by atoms with van der Waals surface area (Å²) in [4.78, 5) is 7.65. The Morgan fingerprint density at radius 3 is 1.70 bits per heavy atom. The summed E-state index contributed by atoms with van der Waals surface area (Å²) >= 11 is 0. The van der Waals surface area contributed by atoms with Gasteiger partial charge in [0.1, 0.15) is 0 Å². The number of ether oxygens (including phenoxy) is 1. The molecule has 7 heteroatoms. The summed E-state index contributed by atoms with van der Waals surface area (Å²) in [5.74, 6) is 1.13. The van der Waals surface area contributed by atoms with E-state index < -0.39 is 5.41 Å². The van der Waals surface area contributed by atoms with Gasteiger partial charge in [0.15, 0.2) is 0 Å². The maximum Gasteiger partial charge on any atom is 2.00 e. The van der Waals surface area contributed by atoms with Crippen LogP contribution in [-0.4, -0.2) is 20.0 Å². The number of pyridine rings is 1. The largest absolute Gasteiger partial charge is 2.00 e. The number of nitrogens with zero attached hydrogens (tertiary/aromatic N) is 5. The van der Waals surface area contributed by atoms with Crippen molar-refractivity contribution in [2.24, 2.45) is 0 Å². The van der Waals surface area contributed by atoms with Gasteiger partial charge in [0.2, 0.25) is 0 Å². The van der Waals surface area contributed by atoms with Crippen molar-refractivity contribution in [3.05, 3.63) is 185 Å². The fourth-order valence-corrected chi connectivity index (χ4v) is 7.76. The smallest absolute Gasteiger partial charge is 0.509 e. The molecule has 57 heavy (non-hydrogen) atoms. The molecular weight excluding hydrogens is 882 g/mol. The Kier molecular flexibility index (Phi) is 10.4. The van der Waals surface area contributed by atoms with E-state index in [1.54, 1.807) is 17.1 Å². The van der Waals surface area contributed by atoms with Crippen LogP contribution < -0.4 is 9.64 Å². The third-order valence-electron chi connectivity index (χ3n) is 10.9. The van der Waals surface area contributed by atoms with E-state index >= 15 is 0 Å². The molecule has 5 aromatic carbocycles. The summed E-state index contributed by atoms with van der Waals surface area (Å²) in [7, 11) is 0. The number of aromatic nitrogens is 4. The average Bonchev–Trinajstić information content (AvgIpc) is 3.72. The quantitative estimate of drug-likeness (QED) is 0.156. The van der Waals surface area contributed by atoms with E-state index in [0.717, 1.165) is 45.1 Å². The Balaban J connectivity index is 0.00000496. The van der Waals surface area contributed by atoms with Crippen LogP contribution in [0.3, 0.4) is 0 Å². The molecule has 3 heterocycles. The summed E-state index contributed by atoms with van der Waals surface area (Å²) in [6.45, 7) is 20.4. The summed E-state index contributed by atoms with van der Waals surface area (Å²) in [5.41, 5.74) is 10.8. The number of anilines is 3. The first kappa shape index (κ1) is 39.9. The zero-order valence-electron chi connectivity index (χ0n) is 34.2. The predicted molar refractivity (Wildman–Crippen MR) is 226 cm³/mol. The van der Waals surface area contributed by atoms with Crippen LogP contribution in [0.15, 0.2) is 134 Å². The van der Waals surface area contributed by atoms with Gasteiger partial charge in [-0.15, -0.1) is 41.0 Å².